The summed E-state index contributed by atoms with van der Waals surface area (Å²) in [5, 5.41) is 3.95. The summed E-state index contributed by atoms with van der Waals surface area (Å²) in [5.41, 5.74) is 2.59. The maximum Gasteiger partial charge on any atom is 0.246 e. The molecule has 1 amide bonds. The van der Waals surface area contributed by atoms with Gasteiger partial charge in [0.15, 0.2) is 0 Å². The zero-order chi connectivity index (χ0) is 20.9. The van der Waals surface area contributed by atoms with Gasteiger partial charge in [0.05, 0.1) is 5.52 Å². The lowest BCUT2D eigenvalue weighted by molar-refractivity contribution is -0.127. The quantitative estimate of drug-likeness (QED) is 0.474. The first-order chi connectivity index (χ1) is 14.6. The molecule has 1 fully saturated rings. The largest absolute Gasteiger partial charge is 0.337 e. The lowest BCUT2D eigenvalue weighted by Gasteiger charge is -2.34. The molecule has 0 spiro atoms. The van der Waals surface area contributed by atoms with Crippen molar-refractivity contribution in [3.05, 3.63) is 82.7 Å². The Morgan fingerprint density at radius 2 is 1.87 bits per heavy atom. The monoisotopic (exact) mass is 404 g/mol. The maximum atomic E-state index is 13.0. The highest BCUT2D eigenvalue weighted by Gasteiger charge is 2.19. The van der Waals surface area contributed by atoms with Crippen LogP contribution >= 0.6 is 0 Å². The number of carbonyl (C=O) groups excluding carboxylic acids is 1. The molecule has 0 N–H and O–H groups in total. The summed E-state index contributed by atoms with van der Waals surface area (Å²) in [6.07, 6.45) is 4.78. The van der Waals surface area contributed by atoms with Gasteiger partial charge in [0, 0.05) is 55.9 Å². The van der Waals surface area contributed by atoms with Gasteiger partial charge in [-0.25, -0.2) is 4.39 Å². The first-order valence-electron chi connectivity index (χ1n) is 9.78. The molecule has 0 saturated carbocycles. The number of nitroso groups, excluding NO2 is 1. The summed E-state index contributed by atoms with van der Waals surface area (Å²) >= 11 is 0. The molecule has 0 atom stereocenters. The number of nitrogens with zero attached hydrogens (tertiary/aromatic N) is 4. The Kier molecular flexibility index (Phi) is 5.90. The molecule has 30 heavy (non-hydrogen) atoms. The van der Waals surface area contributed by atoms with Crippen molar-refractivity contribution in [2.45, 2.75) is 6.54 Å². The van der Waals surface area contributed by atoms with Gasteiger partial charge in [-0.3, -0.25) is 14.7 Å². The van der Waals surface area contributed by atoms with Crippen LogP contribution in [-0.2, 0) is 11.3 Å². The molecule has 1 aliphatic heterocycles. The van der Waals surface area contributed by atoms with Crippen LogP contribution in [0.1, 0.15) is 11.1 Å². The topological polar surface area (TPSA) is 65.9 Å². The summed E-state index contributed by atoms with van der Waals surface area (Å²) in [4.78, 5) is 32.0. The first-order valence-corrected chi connectivity index (χ1v) is 9.78. The second kappa shape index (κ2) is 8.92. The van der Waals surface area contributed by atoms with Crippen LogP contribution in [0.2, 0.25) is 0 Å². The van der Waals surface area contributed by atoms with Crippen molar-refractivity contribution in [2.75, 3.05) is 26.2 Å². The standard InChI is InChI=1S/C23H21FN4O2/c24-20-6-3-17(4-7-20)16-27-10-12-28(13-11-27)23(29)8-5-19-14-18-2-1-9-25-21(18)15-22(19)26-30/h1-9,14-15H,10-13,16H2/b8-5+. The van der Waals surface area contributed by atoms with Crippen LogP contribution in [0, 0.1) is 10.7 Å². The second-order valence-corrected chi connectivity index (χ2v) is 7.26. The molecule has 4 rings (SSSR count). The smallest absolute Gasteiger partial charge is 0.246 e. The summed E-state index contributed by atoms with van der Waals surface area (Å²) in [7, 11) is 0. The molecule has 0 radical (unpaired) electrons. The van der Waals surface area contributed by atoms with Gasteiger partial charge in [-0.15, -0.1) is 4.91 Å². The minimum atomic E-state index is -0.239. The van der Waals surface area contributed by atoms with Crippen LogP contribution in [0.25, 0.3) is 17.0 Å². The lowest BCUT2D eigenvalue weighted by atomic mass is 10.1. The van der Waals surface area contributed by atoms with Crippen molar-refractivity contribution in [1.82, 2.24) is 14.8 Å². The summed E-state index contributed by atoms with van der Waals surface area (Å²) in [5.74, 6) is -0.337. The number of benzene rings is 2. The zero-order valence-corrected chi connectivity index (χ0v) is 16.4. The number of halogens is 1. The molecule has 1 aliphatic rings. The number of amides is 1. The van der Waals surface area contributed by atoms with E-state index in [1.807, 2.05) is 18.2 Å². The fourth-order valence-electron chi connectivity index (χ4n) is 3.58. The number of piperazine rings is 1. The molecular weight excluding hydrogens is 383 g/mol. The van der Waals surface area contributed by atoms with E-state index in [0.717, 1.165) is 30.6 Å². The molecule has 2 heterocycles. The van der Waals surface area contributed by atoms with E-state index < -0.39 is 0 Å². The third kappa shape index (κ3) is 4.58. The van der Waals surface area contributed by atoms with Gasteiger partial charge in [0.2, 0.25) is 5.91 Å². The molecule has 3 aromatic rings. The number of aromatic nitrogens is 1. The van der Waals surface area contributed by atoms with Crippen LogP contribution in [0.3, 0.4) is 0 Å². The van der Waals surface area contributed by atoms with Crippen molar-refractivity contribution in [3.8, 4) is 0 Å². The van der Waals surface area contributed by atoms with Gasteiger partial charge in [0.25, 0.3) is 0 Å². The zero-order valence-electron chi connectivity index (χ0n) is 16.4. The van der Waals surface area contributed by atoms with E-state index in [9.17, 15) is 14.1 Å². The van der Waals surface area contributed by atoms with Gasteiger partial charge in [0.1, 0.15) is 11.5 Å². The Morgan fingerprint density at radius 3 is 2.60 bits per heavy atom. The highest BCUT2D eigenvalue weighted by Crippen LogP contribution is 2.26. The van der Waals surface area contributed by atoms with Gasteiger partial charge < -0.3 is 4.90 Å². The Balaban J connectivity index is 1.38. The van der Waals surface area contributed by atoms with Gasteiger partial charge in [-0.1, -0.05) is 18.2 Å². The average Bonchev–Trinajstić information content (AvgIpc) is 2.78. The Bertz CT molecular complexity index is 1090. The molecule has 0 unspecified atom stereocenters. The third-order valence-electron chi connectivity index (χ3n) is 5.26. The van der Waals surface area contributed by atoms with Crippen LogP contribution in [0.4, 0.5) is 10.1 Å². The molecule has 2 aromatic carbocycles. The summed E-state index contributed by atoms with van der Waals surface area (Å²) < 4.78 is 13.0. The van der Waals surface area contributed by atoms with Gasteiger partial charge >= 0.3 is 0 Å². The maximum absolute atomic E-state index is 13.0. The van der Waals surface area contributed by atoms with E-state index in [1.165, 1.54) is 18.2 Å². The third-order valence-corrected chi connectivity index (χ3v) is 5.26. The van der Waals surface area contributed by atoms with Crippen LogP contribution in [-0.4, -0.2) is 46.9 Å². The molecule has 1 aromatic heterocycles. The predicted octanol–water partition coefficient (Wildman–Crippen LogP) is 4.13. The minimum absolute atomic E-state index is 0.0976. The van der Waals surface area contributed by atoms with Crippen LogP contribution in [0.15, 0.2) is 66.0 Å². The number of fused-ring (bicyclic) bond motifs is 1. The van der Waals surface area contributed by atoms with E-state index in [0.29, 0.717) is 24.2 Å². The van der Waals surface area contributed by atoms with Crippen molar-refractivity contribution in [3.63, 3.8) is 0 Å². The highest BCUT2D eigenvalue weighted by atomic mass is 19.1. The highest BCUT2D eigenvalue weighted by molar-refractivity contribution is 5.94. The van der Waals surface area contributed by atoms with E-state index in [-0.39, 0.29) is 17.4 Å². The van der Waals surface area contributed by atoms with E-state index in [2.05, 4.69) is 15.1 Å². The van der Waals surface area contributed by atoms with Crippen LogP contribution < -0.4 is 0 Å². The molecule has 0 aliphatic carbocycles. The van der Waals surface area contributed by atoms with Crippen molar-refractivity contribution >= 4 is 28.6 Å². The van der Waals surface area contributed by atoms with Crippen molar-refractivity contribution in [2.24, 2.45) is 5.18 Å². The van der Waals surface area contributed by atoms with Crippen molar-refractivity contribution in [1.29, 1.82) is 0 Å². The molecular formula is C23H21FN4O2. The SMILES string of the molecule is O=Nc1cc2ncccc2cc1/C=C/C(=O)N1CCN(Cc2ccc(F)cc2)CC1. The second-order valence-electron chi connectivity index (χ2n) is 7.26. The first kappa shape index (κ1) is 19.8. The summed E-state index contributed by atoms with van der Waals surface area (Å²) in [6.45, 7) is 3.46. The number of carbonyl (C=O) groups is 1. The fourth-order valence-corrected chi connectivity index (χ4v) is 3.58. The Morgan fingerprint density at radius 1 is 1.10 bits per heavy atom. The molecule has 6 nitrogen and oxygen atoms in total. The molecule has 1 saturated heterocycles. The molecule has 7 heteroatoms. The fraction of sp³-hybridized carbons (Fsp3) is 0.217. The number of hydrogen-bond donors (Lipinski definition) is 0. The van der Waals surface area contributed by atoms with E-state index in [4.69, 9.17) is 0 Å². The summed E-state index contributed by atoms with van der Waals surface area (Å²) in [6, 6.07) is 13.7. The molecule has 152 valence electrons. The van der Waals surface area contributed by atoms with Gasteiger partial charge in [-0.2, -0.15) is 0 Å². The Labute approximate surface area is 173 Å². The normalized spacial score (nSPS) is 15.0. The average molecular weight is 404 g/mol. The number of hydrogen-bond acceptors (Lipinski definition) is 5. The van der Waals surface area contributed by atoms with E-state index in [1.54, 1.807) is 35.4 Å². The number of pyridine rings is 1. The lowest BCUT2D eigenvalue weighted by Crippen LogP contribution is -2.47. The predicted molar refractivity (Wildman–Crippen MR) is 114 cm³/mol. The Hall–Kier alpha value is -3.45. The van der Waals surface area contributed by atoms with E-state index >= 15 is 0 Å². The van der Waals surface area contributed by atoms with Gasteiger partial charge in [-0.05, 0) is 47.1 Å². The van der Waals surface area contributed by atoms with Crippen LogP contribution in [0.5, 0.6) is 0 Å². The number of rotatable bonds is 5. The molecule has 0 bridgehead atoms. The minimum Gasteiger partial charge on any atom is -0.337 e. The van der Waals surface area contributed by atoms with Crippen molar-refractivity contribution < 1.29 is 9.18 Å².